The Hall–Kier alpha value is -1.62. The third-order valence-corrected chi connectivity index (χ3v) is 2.98. The molecule has 18 heavy (non-hydrogen) atoms. The van der Waals surface area contributed by atoms with Crippen LogP contribution in [0.2, 0.25) is 0 Å². The first kappa shape index (κ1) is 12.8. The van der Waals surface area contributed by atoms with Gasteiger partial charge in [0.2, 0.25) is 5.95 Å². The van der Waals surface area contributed by atoms with Crippen molar-refractivity contribution in [3.63, 3.8) is 0 Å². The van der Waals surface area contributed by atoms with E-state index in [4.69, 9.17) is 10.5 Å². The lowest BCUT2D eigenvalue weighted by Gasteiger charge is -2.05. The standard InChI is InChI=1S/C13H20N4O/c1-10-8-11-12(15-9-10)17(13(14)16-11)6-4-3-5-7-18-2/h8-9H,3-7H2,1-2H3,(H2,14,16). The molecule has 0 radical (unpaired) electrons. The zero-order valence-electron chi connectivity index (χ0n) is 11.0. The van der Waals surface area contributed by atoms with E-state index in [0.717, 1.165) is 49.1 Å². The van der Waals surface area contributed by atoms with Crippen molar-refractivity contribution >= 4 is 17.1 Å². The first-order valence-electron chi connectivity index (χ1n) is 6.29. The molecule has 0 aromatic carbocycles. The number of imidazole rings is 1. The molecule has 0 unspecified atom stereocenters. The second kappa shape index (κ2) is 5.82. The smallest absolute Gasteiger partial charge is 0.202 e. The highest BCUT2D eigenvalue weighted by molar-refractivity contribution is 5.74. The highest BCUT2D eigenvalue weighted by Crippen LogP contribution is 2.17. The van der Waals surface area contributed by atoms with Gasteiger partial charge in [-0.1, -0.05) is 0 Å². The van der Waals surface area contributed by atoms with Crippen LogP contribution in [0.4, 0.5) is 5.95 Å². The van der Waals surface area contributed by atoms with Crippen LogP contribution in [-0.4, -0.2) is 28.3 Å². The van der Waals surface area contributed by atoms with E-state index >= 15 is 0 Å². The van der Waals surface area contributed by atoms with Gasteiger partial charge in [0.25, 0.3) is 0 Å². The fourth-order valence-electron chi connectivity index (χ4n) is 2.04. The van der Waals surface area contributed by atoms with E-state index in [1.165, 1.54) is 0 Å². The predicted molar refractivity (Wildman–Crippen MR) is 72.4 cm³/mol. The number of nitrogens with two attached hydrogens (primary N) is 1. The number of hydrogen-bond acceptors (Lipinski definition) is 4. The summed E-state index contributed by atoms with van der Waals surface area (Å²) in [6.45, 7) is 3.69. The number of hydrogen-bond donors (Lipinski definition) is 1. The van der Waals surface area contributed by atoms with Gasteiger partial charge in [-0.15, -0.1) is 0 Å². The summed E-state index contributed by atoms with van der Waals surface area (Å²) in [6.07, 6.45) is 5.12. The first-order valence-corrected chi connectivity index (χ1v) is 6.29. The van der Waals surface area contributed by atoms with Crippen LogP contribution in [0.1, 0.15) is 24.8 Å². The number of aromatic nitrogens is 3. The maximum Gasteiger partial charge on any atom is 0.202 e. The van der Waals surface area contributed by atoms with Gasteiger partial charge in [-0.25, -0.2) is 9.97 Å². The summed E-state index contributed by atoms with van der Waals surface area (Å²) in [6, 6.07) is 2.01. The first-order chi connectivity index (χ1) is 8.72. The number of nitrogens with zero attached hydrogens (tertiary/aromatic N) is 3. The van der Waals surface area contributed by atoms with Crippen LogP contribution >= 0.6 is 0 Å². The molecule has 2 rings (SSSR count). The van der Waals surface area contributed by atoms with E-state index < -0.39 is 0 Å². The number of unbranched alkanes of at least 4 members (excludes halogenated alkanes) is 2. The minimum Gasteiger partial charge on any atom is -0.385 e. The summed E-state index contributed by atoms with van der Waals surface area (Å²) in [5, 5.41) is 0. The molecule has 2 aromatic heterocycles. The quantitative estimate of drug-likeness (QED) is 0.795. The van der Waals surface area contributed by atoms with Gasteiger partial charge in [0.15, 0.2) is 5.65 Å². The molecule has 0 amide bonds. The number of methoxy groups -OCH3 is 1. The lowest BCUT2D eigenvalue weighted by molar-refractivity contribution is 0.191. The molecule has 0 saturated heterocycles. The van der Waals surface area contributed by atoms with Crippen LogP contribution < -0.4 is 5.73 Å². The molecule has 5 heteroatoms. The molecule has 0 fully saturated rings. The van der Waals surface area contributed by atoms with Crippen LogP contribution in [0.5, 0.6) is 0 Å². The minimum atomic E-state index is 0.551. The molecular formula is C13H20N4O. The average molecular weight is 248 g/mol. The van der Waals surface area contributed by atoms with Gasteiger partial charge in [-0.05, 0) is 37.8 Å². The zero-order chi connectivity index (χ0) is 13.0. The highest BCUT2D eigenvalue weighted by Gasteiger charge is 2.08. The lowest BCUT2D eigenvalue weighted by Crippen LogP contribution is -2.04. The number of nitrogen functional groups attached to an aromatic ring is 1. The molecule has 5 nitrogen and oxygen atoms in total. The van der Waals surface area contributed by atoms with Crippen LogP contribution in [-0.2, 0) is 11.3 Å². The fraction of sp³-hybridized carbons (Fsp3) is 0.538. The molecule has 2 aromatic rings. The van der Waals surface area contributed by atoms with Gasteiger partial charge in [0.1, 0.15) is 5.52 Å². The van der Waals surface area contributed by atoms with Crippen molar-refractivity contribution < 1.29 is 4.74 Å². The number of aryl methyl sites for hydroxylation is 2. The molecule has 0 bridgehead atoms. The van der Waals surface area contributed by atoms with Crippen LogP contribution in [0.15, 0.2) is 12.3 Å². The van der Waals surface area contributed by atoms with Crippen molar-refractivity contribution in [2.75, 3.05) is 19.5 Å². The van der Waals surface area contributed by atoms with Crippen LogP contribution in [0.3, 0.4) is 0 Å². The highest BCUT2D eigenvalue weighted by atomic mass is 16.5. The largest absolute Gasteiger partial charge is 0.385 e. The predicted octanol–water partition coefficient (Wildman–Crippen LogP) is 2.14. The van der Waals surface area contributed by atoms with Crippen molar-refractivity contribution in [1.29, 1.82) is 0 Å². The van der Waals surface area contributed by atoms with Gasteiger partial charge in [0, 0.05) is 26.5 Å². The lowest BCUT2D eigenvalue weighted by atomic mass is 10.2. The summed E-state index contributed by atoms with van der Waals surface area (Å²) < 4.78 is 7.02. The Morgan fingerprint density at radius 1 is 1.33 bits per heavy atom. The van der Waals surface area contributed by atoms with Crippen molar-refractivity contribution in [3.05, 3.63) is 17.8 Å². The number of rotatable bonds is 6. The molecule has 0 aliphatic rings. The van der Waals surface area contributed by atoms with Gasteiger partial charge in [-0.2, -0.15) is 0 Å². The van der Waals surface area contributed by atoms with E-state index in [2.05, 4.69) is 9.97 Å². The summed E-state index contributed by atoms with van der Waals surface area (Å²) in [4.78, 5) is 8.75. The monoisotopic (exact) mass is 248 g/mol. The maximum absolute atomic E-state index is 5.93. The van der Waals surface area contributed by atoms with Crippen molar-refractivity contribution in [2.45, 2.75) is 32.7 Å². The summed E-state index contributed by atoms with van der Waals surface area (Å²) in [7, 11) is 1.73. The summed E-state index contributed by atoms with van der Waals surface area (Å²) in [5.74, 6) is 0.551. The zero-order valence-corrected chi connectivity index (χ0v) is 11.0. The normalized spacial score (nSPS) is 11.2. The van der Waals surface area contributed by atoms with Crippen molar-refractivity contribution in [3.8, 4) is 0 Å². The number of pyridine rings is 1. The summed E-state index contributed by atoms with van der Waals surface area (Å²) >= 11 is 0. The number of anilines is 1. The fourth-order valence-corrected chi connectivity index (χ4v) is 2.04. The Labute approximate surface area is 107 Å². The molecule has 2 N–H and O–H groups in total. The van der Waals surface area contributed by atoms with E-state index in [1.54, 1.807) is 7.11 Å². The Morgan fingerprint density at radius 2 is 2.17 bits per heavy atom. The molecule has 2 heterocycles. The second-order valence-corrected chi connectivity index (χ2v) is 4.53. The molecule has 98 valence electrons. The Bertz CT molecular complexity index is 521. The van der Waals surface area contributed by atoms with Gasteiger partial charge in [-0.3, -0.25) is 4.57 Å². The SMILES string of the molecule is COCCCCCn1c(N)nc2cc(C)cnc21. The Balaban J connectivity index is 2.05. The number of fused-ring (bicyclic) bond motifs is 1. The minimum absolute atomic E-state index is 0.551. The topological polar surface area (TPSA) is 66.0 Å². The van der Waals surface area contributed by atoms with Gasteiger partial charge >= 0.3 is 0 Å². The summed E-state index contributed by atoms with van der Waals surface area (Å²) in [5.41, 5.74) is 8.79. The third-order valence-electron chi connectivity index (χ3n) is 2.98. The van der Waals surface area contributed by atoms with Crippen LogP contribution in [0, 0.1) is 6.92 Å². The van der Waals surface area contributed by atoms with E-state index in [9.17, 15) is 0 Å². The van der Waals surface area contributed by atoms with Crippen molar-refractivity contribution in [2.24, 2.45) is 0 Å². The maximum atomic E-state index is 5.93. The van der Waals surface area contributed by atoms with E-state index in [1.807, 2.05) is 23.8 Å². The average Bonchev–Trinajstić information content (AvgIpc) is 2.64. The van der Waals surface area contributed by atoms with Gasteiger partial charge < -0.3 is 10.5 Å². The molecule has 0 aliphatic carbocycles. The van der Waals surface area contributed by atoms with Crippen LogP contribution in [0.25, 0.3) is 11.2 Å². The Kier molecular flexibility index (Phi) is 4.15. The van der Waals surface area contributed by atoms with Crippen molar-refractivity contribution in [1.82, 2.24) is 14.5 Å². The third kappa shape index (κ3) is 2.79. The molecule has 0 spiro atoms. The van der Waals surface area contributed by atoms with E-state index in [0.29, 0.717) is 5.95 Å². The molecule has 0 aliphatic heterocycles. The van der Waals surface area contributed by atoms with Gasteiger partial charge in [0.05, 0.1) is 0 Å². The molecule has 0 saturated carbocycles. The number of ether oxygens (including phenoxy) is 1. The Morgan fingerprint density at radius 3 is 2.94 bits per heavy atom. The molecular weight excluding hydrogens is 228 g/mol. The van der Waals surface area contributed by atoms with E-state index in [-0.39, 0.29) is 0 Å². The second-order valence-electron chi connectivity index (χ2n) is 4.53. The molecule has 0 atom stereocenters.